The highest BCUT2D eigenvalue weighted by Crippen LogP contribution is 2.37. The van der Waals surface area contributed by atoms with E-state index in [0.29, 0.717) is 11.0 Å². The van der Waals surface area contributed by atoms with Gasteiger partial charge in [0, 0.05) is 5.46 Å². The van der Waals surface area contributed by atoms with Crippen molar-refractivity contribution in [3.05, 3.63) is 24.5 Å². The fourth-order valence-corrected chi connectivity index (χ4v) is 2.70. The number of aromatic nitrogens is 2. The first-order valence-corrected chi connectivity index (χ1v) is 8.46. The largest absolute Gasteiger partial charge is 0.497 e. The molecular formula is C18H25BN2O4. The maximum atomic E-state index is 12.6. The number of hydrogen-bond acceptors (Lipinski definition) is 5. The fraction of sp³-hybridized carbons (Fsp3) is 0.556. The Morgan fingerprint density at radius 3 is 2.32 bits per heavy atom. The predicted molar refractivity (Wildman–Crippen MR) is 97.1 cm³/mol. The van der Waals surface area contributed by atoms with E-state index in [-0.39, 0.29) is 0 Å². The summed E-state index contributed by atoms with van der Waals surface area (Å²) in [5.74, 6) is 0. The van der Waals surface area contributed by atoms with E-state index < -0.39 is 30.0 Å². The summed E-state index contributed by atoms with van der Waals surface area (Å²) in [5, 5.41) is 0. The van der Waals surface area contributed by atoms with Crippen LogP contribution in [0.5, 0.6) is 0 Å². The Kier molecular flexibility index (Phi) is 4.00. The summed E-state index contributed by atoms with van der Waals surface area (Å²) >= 11 is 0. The van der Waals surface area contributed by atoms with Crippen molar-refractivity contribution in [1.82, 2.24) is 9.55 Å². The summed E-state index contributed by atoms with van der Waals surface area (Å²) in [7, 11) is -0.577. The number of ether oxygens (including phenoxy) is 1. The molecule has 0 atom stereocenters. The van der Waals surface area contributed by atoms with Crippen LogP contribution in [0, 0.1) is 0 Å². The maximum absolute atomic E-state index is 12.6. The van der Waals surface area contributed by atoms with Gasteiger partial charge in [-0.2, -0.15) is 0 Å². The summed E-state index contributed by atoms with van der Waals surface area (Å²) in [6.07, 6.45) is 1.01. The van der Waals surface area contributed by atoms with Gasteiger partial charge in [-0.3, -0.25) is 0 Å². The van der Waals surface area contributed by atoms with Gasteiger partial charge >= 0.3 is 13.2 Å². The van der Waals surface area contributed by atoms with Crippen LogP contribution in [0.4, 0.5) is 4.79 Å². The van der Waals surface area contributed by atoms with Crippen LogP contribution >= 0.6 is 0 Å². The van der Waals surface area contributed by atoms with Crippen molar-refractivity contribution in [3.8, 4) is 0 Å². The quantitative estimate of drug-likeness (QED) is 0.744. The molecule has 2 aromatic rings. The van der Waals surface area contributed by atoms with Gasteiger partial charge in [-0.05, 0) is 54.5 Å². The van der Waals surface area contributed by atoms with E-state index in [9.17, 15) is 4.79 Å². The third-order valence-corrected chi connectivity index (χ3v) is 4.70. The highest BCUT2D eigenvalue weighted by Gasteiger charge is 2.52. The molecule has 1 aromatic heterocycles. The fourth-order valence-electron chi connectivity index (χ4n) is 2.70. The van der Waals surface area contributed by atoms with Crippen molar-refractivity contribution in [2.75, 3.05) is 0 Å². The Morgan fingerprint density at radius 2 is 1.76 bits per heavy atom. The van der Waals surface area contributed by atoms with Crippen LogP contribution in [0.25, 0.3) is 11.0 Å². The number of hydrogen-bond donors (Lipinski definition) is 0. The second kappa shape index (κ2) is 5.57. The Labute approximate surface area is 148 Å². The van der Waals surface area contributed by atoms with Gasteiger partial charge in [0.2, 0.25) is 0 Å². The van der Waals surface area contributed by atoms with Crippen LogP contribution in [0.1, 0.15) is 48.5 Å². The number of fused-ring (bicyclic) bond motifs is 1. The topological polar surface area (TPSA) is 62.6 Å². The van der Waals surface area contributed by atoms with E-state index in [4.69, 9.17) is 14.0 Å². The van der Waals surface area contributed by atoms with Gasteiger partial charge in [0.05, 0.1) is 22.2 Å². The van der Waals surface area contributed by atoms with Gasteiger partial charge < -0.3 is 14.0 Å². The van der Waals surface area contributed by atoms with Crippen molar-refractivity contribution in [1.29, 1.82) is 0 Å². The highest BCUT2D eigenvalue weighted by atomic mass is 16.7. The first-order valence-electron chi connectivity index (χ1n) is 8.46. The van der Waals surface area contributed by atoms with E-state index in [1.165, 1.54) is 10.9 Å². The molecule has 0 bridgehead atoms. The zero-order chi connectivity index (χ0) is 18.6. The molecule has 1 aliphatic rings. The molecule has 1 saturated heterocycles. The standard InChI is InChI=1S/C18H25BN2O4/c1-16(2,3)23-15(22)21-11-20-13-10-8-9-12(14(13)21)19-24-17(4,5)18(6,7)25-19/h8-11H,1-7H3. The molecule has 3 rings (SSSR count). The Bertz CT molecular complexity index is 804. The van der Waals surface area contributed by atoms with Gasteiger partial charge in [0.1, 0.15) is 11.9 Å². The summed E-state index contributed by atoms with van der Waals surface area (Å²) in [5.41, 5.74) is 0.591. The van der Waals surface area contributed by atoms with Gasteiger partial charge in [-0.25, -0.2) is 14.3 Å². The molecule has 1 aliphatic heterocycles. The molecule has 1 aromatic carbocycles. The van der Waals surface area contributed by atoms with Crippen LogP contribution in [-0.4, -0.2) is 39.6 Å². The van der Waals surface area contributed by atoms with E-state index in [1.54, 1.807) is 0 Å². The van der Waals surface area contributed by atoms with Crippen molar-refractivity contribution < 1.29 is 18.8 Å². The van der Waals surface area contributed by atoms with E-state index in [2.05, 4.69) is 4.98 Å². The molecule has 1 fully saturated rings. The molecule has 0 unspecified atom stereocenters. The molecule has 0 radical (unpaired) electrons. The Hall–Kier alpha value is -1.86. The van der Waals surface area contributed by atoms with Gasteiger partial charge in [-0.15, -0.1) is 0 Å². The molecule has 0 aliphatic carbocycles. The lowest BCUT2D eigenvalue weighted by Crippen LogP contribution is -2.41. The van der Waals surface area contributed by atoms with E-state index >= 15 is 0 Å². The summed E-state index contributed by atoms with van der Waals surface area (Å²) in [6.45, 7) is 13.5. The zero-order valence-electron chi connectivity index (χ0n) is 15.9. The van der Waals surface area contributed by atoms with Crippen molar-refractivity contribution in [3.63, 3.8) is 0 Å². The molecule has 2 heterocycles. The molecule has 134 valence electrons. The van der Waals surface area contributed by atoms with Crippen LogP contribution < -0.4 is 5.46 Å². The minimum atomic E-state index is -0.590. The van der Waals surface area contributed by atoms with Crippen molar-refractivity contribution >= 4 is 29.7 Å². The molecule has 0 saturated carbocycles. The number of imidazole rings is 1. The Morgan fingerprint density at radius 1 is 1.16 bits per heavy atom. The minimum Gasteiger partial charge on any atom is -0.443 e. The van der Waals surface area contributed by atoms with Crippen LogP contribution in [0.15, 0.2) is 24.5 Å². The number of carbonyl (C=O) groups excluding carboxylic acids is 1. The third kappa shape index (κ3) is 3.18. The van der Waals surface area contributed by atoms with Gasteiger partial charge in [-0.1, -0.05) is 12.1 Å². The lowest BCUT2D eigenvalue weighted by atomic mass is 9.78. The minimum absolute atomic E-state index is 0.462. The number of rotatable bonds is 1. The maximum Gasteiger partial charge on any atom is 0.497 e. The lowest BCUT2D eigenvalue weighted by molar-refractivity contribution is 0.00578. The van der Waals surface area contributed by atoms with Crippen LogP contribution in [0.2, 0.25) is 0 Å². The van der Waals surface area contributed by atoms with Crippen molar-refractivity contribution in [2.24, 2.45) is 0 Å². The smallest absolute Gasteiger partial charge is 0.443 e. The number of nitrogens with zero attached hydrogens (tertiary/aromatic N) is 2. The Balaban J connectivity index is 2.06. The SMILES string of the molecule is CC(C)(C)OC(=O)n1cnc2cccc(B3OC(C)(C)C(C)(C)O3)c21. The molecule has 0 N–H and O–H groups in total. The first-order chi connectivity index (χ1) is 11.4. The summed E-state index contributed by atoms with van der Waals surface area (Å²) in [6, 6.07) is 5.63. The second-order valence-corrected chi connectivity index (χ2v) is 8.40. The molecule has 25 heavy (non-hydrogen) atoms. The summed E-state index contributed by atoms with van der Waals surface area (Å²) < 4.78 is 19.2. The van der Waals surface area contributed by atoms with Crippen LogP contribution in [0.3, 0.4) is 0 Å². The molecule has 6 nitrogen and oxygen atoms in total. The average molecular weight is 344 g/mol. The molecule has 0 amide bonds. The number of carbonyl (C=O) groups is 1. The molecule has 0 spiro atoms. The van der Waals surface area contributed by atoms with E-state index in [1.807, 2.05) is 66.7 Å². The number of benzene rings is 1. The molecule has 7 heteroatoms. The monoisotopic (exact) mass is 344 g/mol. The second-order valence-electron chi connectivity index (χ2n) is 8.40. The zero-order valence-corrected chi connectivity index (χ0v) is 15.9. The first kappa shape index (κ1) is 18.0. The van der Waals surface area contributed by atoms with Crippen molar-refractivity contribution in [2.45, 2.75) is 65.3 Å². The lowest BCUT2D eigenvalue weighted by Gasteiger charge is -2.32. The van der Waals surface area contributed by atoms with Gasteiger partial charge in [0.15, 0.2) is 0 Å². The normalized spacial score (nSPS) is 19.4. The van der Waals surface area contributed by atoms with E-state index in [0.717, 1.165) is 5.46 Å². The van der Waals surface area contributed by atoms with Gasteiger partial charge in [0.25, 0.3) is 0 Å². The predicted octanol–water partition coefficient (Wildman–Crippen LogP) is 3.12. The third-order valence-electron chi connectivity index (χ3n) is 4.70. The molecular weight excluding hydrogens is 319 g/mol. The highest BCUT2D eigenvalue weighted by molar-refractivity contribution is 6.65. The van der Waals surface area contributed by atoms with Crippen LogP contribution in [-0.2, 0) is 14.0 Å². The number of para-hydroxylation sites is 1. The summed E-state index contributed by atoms with van der Waals surface area (Å²) in [4.78, 5) is 16.9. The average Bonchev–Trinajstić information content (AvgIpc) is 2.95.